The number of methoxy groups -OCH3 is 2. The first-order chi connectivity index (χ1) is 18.0. The van der Waals surface area contributed by atoms with Gasteiger partial charge in [0, 0.05) is 12.1 Å². The van der Waals surface area contributed by atoms with Crippen molar-refractivity contribution in [2.24, 2.45) is 0 Å². The molecular formula is C31H27NO5. The van der Waals surface area contributed by atoms with Crippen LogP contribution in [0.15, 0.2) is 96.6 Å². The van der Waals surface area contributed by atoms with Crippen LogP contribution in [0.25, 0.3) is 16.5 Å². The number of nitrogens with zero attached hydrogens (tertiary/aromatic N) is 1. The molecule has 1 amide bonds. The van der Waals surface area contributed by atoms with E-state index < -0.39 is 17.7 Å². The number of aliphatic hydroxyl groups excluding tert-OH is 1. The summed E-state index contributed by atoms with van der Waals surface area (Å²) in [5.41, 5.74) is 2.29. The molecule has 37 heavy (non-hydrogen) atoms. The third-order valence-electron chi connectivity index (χ3n) is 6.77. The molecular weight excluding hydrogens is 466 g/mol. The minimum Gasteiger partial charge on any atom is -0.507 e. The Labute approximate surface area is 215 Å². The quantitative estimate of drug-likeness (QED) is 0.208. The molecule has 1 fully saturated rings. The van der Waals surface area contributed by atoms with Crippen LogP contribution >= 0.6 is 0 Å². The minimum absolute atomic E-state index is 0.0961. The maximum atomic E-state index is 13.3. The van der Waals surface area contributed by atoms with Crippen LogP contribution < -0.4 is 9.47 Å². The smallest absolute Gasteiger partial charge is 0.295 e. The van der Waals surface area contributed by atoms with E-state index in [4.69, 9.17) is 9.47 Å². The summed E-state index contributed by atoms with van der Waals surface area (Å²) in [6, 6.07) is 27.5. The fraction of sp³-hybridized carbons (Fsp3) is 0.161. The Balaban J connectivity index is 1.54. The second kappa shape index (κ2) is 10.2. The summed E-state index contributed by atoms with van der Waals surface area (Å²) in [6.07, 6.45) is 0.493. The van der Waals surface area contributed by atoms with Crippen LogP contribution in [0.5, 0.6) is 11.5 Å². The lowest BCUT2D eigenvalue weighted by Crippen LogP contribution is -2.31. The van der Waals surface area contributed by atoms with Gasteiger partial charge in [0.05, 0.1) is 25.8 Å². The Kier molecular flexibility index (Phi) is 6.64. The van der Waals surface area contributed by atoms with E-state index in [1.54, 1.807) is 25.2 Å². The Hall–Kier alpha value is -4.58. The Morgan fingerprint density at radius 1 is 0.811 bits per heavy atom. The molecule has 4 aromatic rings. The zero-order chi connectivity index (χ0) is 25.9. The normalized spacial score (nSPS) is 16.8. The molecule has 1 aliphatic heterocycles. The molecule has 6 heteroatoms. The number of Topliss-reactive ketones (excluding diaryl/α,β-unsaturated/α-hetero) is 1. The van der Waals surface area contributed by atoms with E-state index in [9.17, 15) is 14.7 Å². The molecule has 1 atom stereocenters. The van der Waals surface area contributed by atoms with Crippen LogP contribution in [-0.2, 0) is 16.0 Å². The van der Waals surface area contributed by atoms with E-state index in [2.05, 4.69) is 0 Å². The van der Waals surface area contributed by atoms with E-state index >= 15 is 0 Å². The first kappa shape index (κ1) is 24.1. The molecule has 1 aliphatic rings. The van der Waals surface area contributed by atoms with E-state index in [0.29, 0.717) is 23.5 Å². The molecule has 6 nitrogen and oxygen atoms in total. The average Bonchev–Trinajstić information content (AvgIpc) is 3.20. The standard InChI is InChI=1S/C31H27NO5/c1-36-25-15-12-20(18-26(25)37-2)16-17-32-28(22-9-4-3-5-10-22)27(30(34)31(32)35)29(33)24-14-13-21-8-6-7-11-23(21)19-24/h3-15,18-19,28,33H,16-17H2,1-2H3/b29-27-. The third kappa shape index (κ3) is 4.54. The van der Waals surface area contributed by atoms with E-state index in [1.165, 1.54) is 0 Å². The van der Waals surface area contributed by atoms with Gasteiger partial charge in [-0.05, 0) is 46.5 Å². The van der Waals surface area contributed by atoms with Crippen LogP contribution in [0.2, 0.25) is 0 Å². The van der Waals surface area contributed by atoms with E-state index in [1.807, 2.05) is 84.9 Å². The van der Waals surface area contributed by atoms with Crippen LogP contribution in [-0.4, -0.2) is 42.5 Å². The van der Waals surface area contributed by atoms with Gasteiger partial charge in [-0.15, -0.1) is 0 Å². The minimum atomic E-state index is -0.701. The zero-order valence-corrected chi connectivity index (χ0v) is 20.7. The molecule has 5 rings (SSSR count). The molecule has 0 saturated carbocycles. The first-order valence-electron chi connectivity index (χ1n) is 12.0. The maximum absolute atomic E-state index is 13.3. The van der Waals surface area contributed by atoms with Crippen molar-refractivity contribution in [3.05, 3.63) is 113 Å². The highest BCUT2D eigenvalue weighted by Crippen LogP contribution is 2.40. The van der Waals surface area contributed by atoms with Crippen molar-refractivity contribution in [2.75, 3.05) is 20.8 Å². The molecule has 1 unspecified atom stereocenters. The van der Waals surface area contributed by atoms with E-state index in [0.717, 1.165) is 21.9 Å². The van der Waals surface area contributed by atoms with E-state index in [-0.39, 0.29) is 17.9 Å². The summed E-state index contributed by atoms with van der Waals surface area (Å²) >= 11 is 0. The number of benzene rings is 4. The number of carbonyl (C=O) groups excluding carboxylic acids is 2. The number of likely N-dealkylation sites (tertiary alicyclic amines) is 1. The third-order valence-corrected chi connectivity index (χ3v) is 6.77. The number of fused-ring (bicyclic) bond motifs is 1. The van der Waals surface area contributed by atoms with Gasteiger partial charge in [0.15, 0.2) is 11.5 Å². The van der Waals surface area contributed by atoms with Gasteiger partial charge in [-0.1, -0.05) is 72.8 Å². The number of aliphatic hydroxyl groups is 1. The summed E-state index contributed by atoms with van der Waals surface area (Å²) in [5, 5.41) is 13.3. The van der Waals surface area contributed by atoms with Gasteiger partial charge >= 0.3 is 0 Å². The van der Waals surface area contributed by atoms with Gasteiger partial charge in [0.2, 0.25) is 0 Å². The van der Waals surface area contributed by atoms with Crippen LogP contribution in [0, 0.1) is 0 Å². The summed E-state index contributed by atoms with van der Waals surface area (Å²) in [4.78, 5) is 28.1. The predicted molar refractivity (Wildman–Crippen MR) is 143 cm³/mol. The van der Waals surface area contributed by atoms with Crippen LogP contribution in [0.4, 0.5) is 0 Å². The van der Waals surface area contributed by atoms with Gasteiger partial charge < -0.3 is 19.5 Å². The summed E-state index contributed by atoms with van der Waals surface area (Å²) < 4.78 is 10.7. The fourth-order valence-corrected chi connectivity index (χ4v) is 4.87. The average molecular weight is 494 g/mol. The van der Waals surface area contributed by atoms with Crippen molar-refractivity contribution in [3.8, 4) is 11.5 Å². The van der Waals surface area contributed by atoms with Gasteiger partial charge in [-0.3, -0.25) is 9.59 Å². The van der Waals surface area contributed by atoms with Crippen LogP contribution in [0.3, 0.4) is 0 Å². The molecule has 186 valence electrons. The van der Waals surface area contributed by atoms with Gasteiger partial charge in [0.1, 0.15) is 5.76 Å². The number of amides is 1. The number of hydrogen-bond donors (Lipinski definition) is 1. The van der Waals surface area contributed by atoms with Crippen molar-refractivity contribution in [3.63, 3.8) is 0 Å². The monoisotopic (exact) mass is 493 g/mol. The topological polar surface area (TPSA) is 76.1 Å². The number of hydrogen-bond acceptors (Lipinski definition) is 5. The highest BCUT2D eigenvalue weighted by atomic mass is 16.5. The van der Waals surface area contributed by atoms with Gasteiger partial charge in [0.25, 0.3) is 11.7 Å². The number of rotatable bonds is 7. The second-order valence-electron chi connectivity index (χ2n) is 8.90. The molecule has 1 N–H and O–H groups in total. The summed E-state index contributed by atoms with van der Waals surface area (Å²) in [7, 11) is 3.15. The molecule has 0 radical (unpaired) electrons. The van der Waals surface area contributed by atoms with Gasteiger partial charge in [-0.25, -0.2) is 0 Å². The van der Waals surface area contributed by atoms with Crippen LogP contribution in [0.1, 0.15) is 22.7 Å². The maximum Gasteiger partial charge on any atom is 0.295 e. The predicted octanol–water partition coefficient (Wildman–Crippen LogP) is 5.52. The Morgan fingerprint density at radius 2 is 1.51 bits per heavy atom. The lowest BCUT2D eigenvalue weighted by molar-refractivity contribution is -0.139. The molecule has 4 aromatic carbocycles. The summed E-state index contributed by atoms with van der Waals surface area (Å²) in [5.74, 6) is -0.278. The molecule has 1 heterocycles. The number of carbonyl (C=O) groups is 2. The van der Waals surface area contributed by atoms with Crippen molar-refractivity contribution in [1.29, 1.82) is 0 Å². The first-order valence-corrected chi connectivity index (χ1v) is 12.0. The molecule has 0 aliphatic carbocycles. The lowest BCUT2D eigenvalue weighted by Gasteiger charge is -2.25. The highest BCUT2D eigenvalue weighted by molar-refractivity contribution is 6.46. The Morgan fingerprint density at radius 3 is 2.24 bits per heavy atom. The summed E-state index contributed by atoms with van der Waals surface area (Å²) in [6.45, 7) is 0.286. The van der Waals surface area contributed by atoms with Gasteiger partial charge in [-0.2, -0.15) is 0 Å². The van der Waals surface area contributed by atoms with Crippen molar-refractivity contribution in [1.82, 2.24) is 4.90 Å². The largest absolute Gasteiger partial charge is 0.507 e. The zero-order valence-electron chi connectivity index (χ0n) is 20.7. The second-order valence-corrected chi connectivity index (χ2v) is 8.90. The molecule has 0 bridgehead atoms. The highest BCUT2D eigenvalue weighted by Gasteiger charge is 2.45. The molecule has 0 spiro atoms. The molecule has 0 aromatic heterocycles. The SMILES string of the molecule is COc1ccc(CCN2C(=O)C(=O)/C(=C(\O)c3ccc4ccccc4c3)C2c2ccccc2)cc1OC. The fourth-order valence-electron chi connectivity index (χ4n) is 4.87. The van der Waals surface area contributed by atoms with Crippen molar-refractivity contribution in [2.45, 2.75) is 12.5 Å². The Bertz CT molecular complexity index is 1510. The number of ether oxygens (including phenoxy) is 2. The van der Waals surface area contributed by atoms with Crippen molar-refractivity contribution < 1.29 is 24.2 Å². The molecule has 1 saturated heterocycles. The lowest BCUT2D eigenvalue weighted by atomic mass is 9.94. The number of ketones is 1. The van der Waals surface area contributed by atoms with Crippen molar-refractivity contribution >= 4 is 28.2 Å².